The quantitative estimate of drug-likeness (QED) is 0.734. The minimum atomic E-state index is -0.0284. The fraction of sp³-hybridized carbons (Fsp3) is 0.391. The zero-order valence-corrected chi connectivity index (χ0v) is 18.2. The van der Waals surface area contributed by atoms with Gasteiger partial charge in [-0.15, -0.1) is 0 Å². The van der Waals surface area contributed by atoms with Gasteiger partial charge in [-0.2, -0.15) is 0 Å². The Morgan fingerprint density at radius 3 is 2.50 bits per heavy atom. The molecule has 1 aliphatic heterocycles. The SMILES string of the molecule is CCc1ccccc1NC(=O)CN1CCN(C(=O)Cc2cc(Cl)ccc2OC)CC1. The van der Waals surface area contributed by atoms with E-state index in [1.54, 1.807) is 25.3 Å². The van der Waals surface area contributed by atoms with Crippen molar-refractivity contribution in [2.75, 3.05) is 45.2 Å². The summed E-state index contributed by atoms with van der Waals surface area (Å²) in [6, 6.07) is 13.1. The molecule has 1 fully saturated rings. The van der Waals surface area contributed by atoms with E-state index in [0.29, 0.717) is 43.5 Å². The maximum atomic E-state index is 12.7. The van der Waals surface area contributed by atoms with Crippen molar-refractivity contribution in [2.24, 2.45) is 0 Å². The van der Waals surface area contributed by atoms with Crippen LogP contribution in [-0.4, -0.2) is 61.4 Å². The molecule has 0 radical (unpaired) electrons. The number of para-hydroxylation sites is 1. The van der Waals surface area contributed by atoms with Gasteiger partial charge in [-0.25, -0.2) is 0 Å². The molecule has 0 atom stereocenters. The first kappa shape index (κ1) is 22.1. The van der Waals surface area contributed by atoms with Crippen LogP contribution in [0.5, 0.6) is 5.75 Å². The highest BCUT2D eigenvalue weighted by molar-refractivity contribution is 6.30. The van der Waals surface area contributed by atoms with Crippen LogP contribution >= 0.6 is 11.6 Å². The lowest BCUT2D eigenvalue weighted by molar-refractivity contribution is -0.132. The number of amides is 2. The third-order valence-corrected chi connectivity index (χ3v) is 5.58. The smallest absolute Gasteiger partial charge is 0.238 e. The number of nitrogens with one attached hydrogen (secondary N) is 1. The van der Waals surface area contributed by atoms with Crippen LogP contribution in [0.1, 0.15) is 18.1 Å². The molecule has 7 heteroatoms. The van der Waals surface area contributed by atoms with Gasteiger partial charge in [-0.05, 0) is 36.2 Å². The van der Waals surface area contributed by atoms with Crippen molar-refractivity contribution >= 4 is 29.1 Å². The molecule has 1 heterocycles. The van der Waals surface area contributed by atoms with Gasteiger partial charge in [0.25, 0.3) is 0 Å². The summed E-state index contributed by atoms with van der Waals surface area (Å²) in [7, 11) is 1.58. The molecule has 0 spiro atoms. The number of anilines is 1. The molecule has 0 aliphatic carbocycles. The number of piperazine rings is 1. The lowest BCUT2D eigenvalue weighted by Gasteiger charge is -2.34. The molecule has 1 saturated heterocycles. The molecule has 0 unspecified atom stereocenters. The number of aryl methyl sites for hydroxylation is 1. The van der Waals surface area contributed by atoms with Crippen molar-refractivity contribution in [2.45, 2.75) is 19.8 Å². The van der Waals surface area contributed by atoms with Crippen LogP contribution in [0.15, 0.2) is 42.5 Å². The zero-order valence-electron chi connectivity index (χ0n) is 17.5. The molecule has 2 aromatic rings. The number of carbonyl (C=O) groups excluding carboxylic acids is 2. The summed E-state index contributed by atoms with van der Waals surface area (Å²) in [4.78, 5) is 29.1. The Hall–Kier alpha value is -2.57. The van der Waals surface area contributed by atoms with Crippen LogP contribution in [0.3, 0.4) is 0 Å². The molecule has 6 nitrogen and oxygen atoms in total. The average molecular weight is 430 g/mol. The van der Waals surface area contributed by atoms with Gasteiger partial charge in [-0.3, -0.25) is 14.5 Å². The van der Waals surface area contributed by atoms with E-state index in [-0.39, 0.29) is 18.2 Å². The van der Waals surface area contributed by atoms with E-state index in [0.717, 1.165) is 23.2 Å². The van der Waals surface area contributed by atoms with Crippen LogP contribution in [0, 0.1) is 0 Å². The Kier molecular flexibility index (Phi) is 7.71. The van der Waals surface area contributed by atoms with Crippen LogP contribution < -0.4 is 10.1 Å². The van der Waals surface area contributed by atoms with Crippen LogP contribution in [0.2, 0.25) is 5.02 Å². The van der Waals surface area contributed by atoms with Gasteiger partial charge >= 0.3 is 0 Å². The normalized spacial score (nSPS) is 14.4. The van der Waals surface area contributed by atoms with E-state index in [2.05, 4.69) is 17.1 Å². The number of halogens is 1. The van der Waals surface area contributed by atoms with E-state index < -0.39 is 0 Å². The predicted octanol–water partition coefficient (Wildman–Crippen LogP) is 3.24. The standard InChI is InChI=1S/C23H28ClN3O3/c1-3-17-6-4-5-7-20(17)25-22(28)16-26-10-12-27(13-11-26)23(29)15-18-14-19(24)8-9-21(18)30-2/h4-9,14H,3,10-13,15-16H2,1-2H3,(H,25,28). The molecule has 1 aliphatic rings. The number of carbonyl (C=O) groups is 2. The summed E-state index contributed by atoms with van der Waals surface area (Å²) >= 11 is 6.06. The zero-order chi connectivity index (χ0) is 21.5. The summed E-state index contributed by atoms with van der Waals surface area (Å²) in [6.45, 7) is 4.92. The first-order valence-corrected chi connectivity index (χ1v) is 10.6. The third-order valence-electron chi connectivity index (χ3n) is 5.35. The Morgan fingerprint density at radius 2 is 1.80 bits per heavy atom. The van der Waals surface area contributed by atoms with Gasteiger partial charge in [0.1, 0.15) is 5.75 Å². The monoisotopic (exact) mass is 429 g/mol. The second-order valence-corrected chi connectivity index (χ2v) is 7.79. The Morgan fingerprint density at radius 1 is 1.07 bits per heavy atom. The van der Waals surface area contributed by atoms with Gasteiger partial charge in [0.2, 0.25) is 11.8 Å². The Labute approximate surface area is 182 Å². The molecule has 3 rings (SSSR count). The fourth-order valence-electron chi connectivity index (χ4n) is 3.66. The van der Waals surface area contributed by atoms with Crippen molar-refractivity contribution in [1.82, 2.24) is 9.80 Å². The van der Waals surface area contributed by atoms with Crippen molar-refractivity contribution in [3.8, 4) is 5.75 Å². The minimum Gasteiger partial charge on any atom is -0.496 e. The number of hydrogen-bond donors (Lipinski definition) is 1. The number of benzene rings is 2. The summed E-state index contributed by atoms with van der Waals surface area (Å²) < 4.78 is 5.33. The van der Waals surface area contributed by atoms with Crippen LogP contribution in [-0.2, 0) is 22.4 Å². The van der Waals surface area contributed by atoms with E-state index in [9.17, 15) is 9.59 Å². The summed E-state index contributed by atoms with van der Waals surface area (Å²) in [5, 5.41) is 3.59. The van der Waals surface area contributed by atoms with Crippen molar-refractivity contribution in [3.05, 3.63) is 58.6 Å². The first-order valence-electron chi connectivity index (χ1n) is 10.2. The molecule has 160 valence electrons. The summed E-state index contributed by atoms with van der Waals surface area (Å²) in [5.41, 5.74) is 2.78. The number of hydrogen-bond acceptors (Lipinski definition) is 4. The highest BCUT2D eigenvalue weighted by Gasteiger charge is 2.23. The molecule has 1 N–H and O–H groups in total. The molecule has 2 aromatic carbocycles. The van der Waals surface area contributed by atoms with Crippen molar-refractivity contribution in [3.63, 3.8) is 0 Å². The van der Waals surface area contributed by atoms with Crippen molar-refractivity contribution in [1.29, 1.82) is 0 Å². The van der Waals surface area contributed by atoms with Crippen LogP contribution in [0.25, 0.3) is 0 Å². The van der Waals surface area contributed by atoms with Gasteiger partial charge in [0, 0.05) is 42.5 Å². The second-order valence-electron chi connectivity index (χ2n) is 7.35. The highest BCUT2D eigenvalue weighted by Crippen LogP contribution is 2.24. The average Bonchev–Trinajstić information content (AvgIpc) is 2.74. The van der Waals surface area contributed by atoms with E-state index in [4.69, 9.17) is 16.3 Å². The lowest BCUT2D eigenvalue weighted by atomic mass is 10.1. The van der Waals surface area contributed by atoms with Crippen LogP contribution in [0.4, 0.5) is 5.69 Å². The Bertz CT molecular complexity index is 895. The van der Waals surface area contributed by atoms with E-state index in [1.807, 2.05) is 29.2 Å². The van der Waals surface area contributed by atoms with Gasteiger partial charge in [0.15, 0.2) is 0 Å². The van der Waals surface area contributed by atoms with E-state index >= 15 is 0 Å². The molecule has 0 aromatic heterocycles. The van der Waals surface area contributed by atoms with E-state index in [1.165, 1.54) is 0 Å². The van der Waals surface area contributed by atoms with Gasteiger partial charge in [-0.1, -0.05) is 36.7 Å². The molecule has 2 amide bonds. The lowest BCUT2D eigenvalue weighted by Crippen LogP contribution is -2.50. The molecule has 30 heavy (non-hydrogen) atoms. The number of ether oxygens (including phenoxy) is 1. The number of rotatable bonds is 7. The maximum Gasteiger partial charge on any atom is 0.238 e. The fourth-order valence-corrected chi connectivity index (χ4v) is 3.85. The Balaban J connectivity index is 1.49. The minimum absolute atomic E-state index is 0.0284. The van der Waals surface area contributed by atoms with Gasteiger partial charge < -0.3 is 15.0 Å². The number of nitrogens with zero attached hydrogens (tertiary/aromatic N) is 2. The van der Waals surface area contributed by atoms with Gasteiger partial charge in [0.05, 0.1) is 20.1 Å². The van der Waals surface area contributed by atoms with Crippen molar-refractivity contribution < 1.29 is 14.3 Å². The summed E-state index contributed by atoms with van der Waals surface area (Å²) in [6.07, 6.45) is 1.12. The topological polar surface area (TPSA) is 61.9 Å². The highest BCUT2D eigenvalue weighted by atomic mass is 35.5. The molecular weight excluding hydrogens is 402 g/mol. The number of methoxy groups -OCH3 is 1. The largest absolute Gasteiger partial charge is 0.496 e. The molecule has 0 bridgehead atoms. The molecule has 0 saturated carbocycles. The summed E-state index contributed by atoms with van der Waals surface area (Å²) in [5.74, 6) is 0.672. The first-order chi connectivity index (χ1) is 14.5. The predicted molar refractivity (Wildman–Crippen MR) is 119 cm³/mol. The third kappa shape index (κ3) is 5.74. The molecular formula is C23H28ClN3O3. The second kappa shape index (κ2) is 10.5. The maximum absolute atomic E-state index is 12.7.